The van der Waals surface area contributed by atoms with Gasteiger partial charge < -0.3 is 29.7 Å². The van der Waals surface area contributed by atoms with Crippen molar-refractivity contribution in [3.8, 4) is 34.3 Å². The minimum Gasteiger partial charge on any atom is -0.394 e. The topological polar surface area (TPSA) is 155 Å². The molecule has 0 bridgehead atoms. The third-order valence-corrected chi connectivity index (χ3v) is 5.10. The molecule has 0 radical (unpaired) electrons. The van der Waals surface area contributed by atoms with Crippen molar-refractivity contribution in [1.82, 2.24) is 20.6 Å². The largest absolute Gasteiger partial charge is 0.422 e. The molecular weight excluding hydrogens is 485 g/mol. The van der Waals surface area contributed by atoms with Crippen molar-refractivity contribution in [3.05, 3.63) is 65.7 Å². The number of aromatic nitrogens is 3. The number of halogens is 3. The highest BCUT2D eigenvalue weighted by Gasteiger charge is 2.43. The minimum absolute atomic E-state index is 0.0626. The van der Waals surface area contributed by atoms with E-state index >= 15 is 0 Å². The van der Waals surface area contributed by atoms with Crippen LogP contribution in [-0.2, 0) is 11.0 Å². The van der Waals surface area contributed by atoms with Gasteiger partial charge in [0.15, 0.2) is 6.10 Å². The monoisotopic (exact) mass is 504 g/mol. The number of hydrogen-bond donors (Lipinski definition) is 4. The summed E-state index contributed by atoms with van der Waals surface area (Å²) in [5, 5.41) is 37.8. The summed E-state index contributed by atoms with van der Waals surface area (Å²) in [5.41, 5.74) is -0.849. The predicted octanol–water partition coefficient (Wildman–Crippen LogP) is 2.58. The van der Waals surface area contributed by atoms with Gasteiger partial charge in [-0.05, 0) is 5.56 Å². The van der Waals surface area contributed by atoms with Crippen LogP contribution in [0.25, 0.3) is 34.3 Å². The molecule has 188 valence electrons. The van der Waals surface area contributed by atoms with Crippen LogP contribution in [0.1, 0.15) is 17.2 Å². The molecule has 36 heavy (non-hydrogen) atoms. The van der Waals surface area contributed by atoms with E-state index in [1.165, 1.54) is 36.4 Å². The molecule has 0 aliphatic rings. The minimum atomic E-state index is -4.82. The SMILES string of the molecule is O=C(NC[C@H](O)CO)[C@@H](O)c1ccc(-c2noc(-c3onc(-c4ccccc4)c3C(F)(F)F)n2)cc1. The lowest BCUT2D eigenvalue weighted by Crippen LogP contribution is -2.36. The zero-order valence-electron chi connectivity index (χ0n) is 18.3. The molecule has 0 aliphatic carbocycles. The smallest absolute Gasteiger partial charge is 0.394 e. The number of rotatable bonds is 8. The first-order valence-electron chi connectivity index (χ1n) is 10.5. The summed E-state index contributed by atoms with van der Waals surface area (Å²) < 4.78 is 51.6. The van der Waals surface area contributed by atoms with E-state index in [0.717, 1.165) is 0 Å². The molecule has 2 aromatic carbocycles. The highest BCUT2D eigenvalue weighted by Crippen LogP contribution is 2.43. The lowest BCUT2D eigenvalue weighted by molar-refractivity contribution is -0.137. The van der Waals surface area contributed by atoms with Gasteiger partial charge in [-0.25, -0.2) is 0 Å². The van der Waals surface area contributed by atoms with E-state index in [9.17, 15) is 28.2 Å². The highest BCUT2D eigenvalue weighted by atomic mass is 19.4. The number of nitrogens with zero attached hydrogens (tertiary/aromatic N) is 3. The average Bonchev–Trinajstić information content (AvgIpc) is 3.55. The normalized spacial score (nSPS) is 13.4. The van der Waals surface area contributed by atoms with Crippen LogP contribution in [-0.4, -0.2) is 55.8 Å². The van der Waals surface area contributed by atoms with Crippen molar-refractivity contribution in [1.29, 1.82) is 0 Å². The van der Waals surface area contributed by atoms with E-state index < -0.39 is 53.8 Å². The summed E-state index contributed by atoms with van der Waals surface area (Å²) in [4.78, 5) is 16.0. The Morgan fingerprint density at radius 1 is 0.972 bits per heavy atom. The van der Waals surface area contributed by atoms with Crippen LogP contribution in [0.5, 0.6) is 0 Å². The molecule has 13 heteroatoms. The van der Waals surface area contributed by atoms with E-state index in [0.29, 0.717) is 5.56 Å². The van der Waals surface area contributed by atoms with Crippen molar-refractivity contribution >= 4 is 5.91 Å². The average molecular weight is 504 g/mol. The molecular formula is C23H19F3N4O6. The van der Waals surface area contributed by atoms with E-state index in [2.05, 4.69) is 20.6 Å². The molecule has 2 heterocycles. The van der Waals surface area contributed by atoms with E-state index in [1.54, 1.807) is 18.2 Å². The van der Waals surface area contributed by atoms with Gasteiger partial charge in [-0.3, -0.25) is 4.79 Å². The molecule has 0 saturated heterocycles. The quantitative estimate of drug-likeness (QED) is 0.283. The van der Waals surface area contributed by atoms with E-state index in [-0.39, 0.29) is 23.5 Å². The molecule has 1 amide bonds. The summed E-state index contributed by atoms with van der Waals surface area (Å²) in [6, 6.07) is 13.4. The van der Waals surface area contributed by atoms with E-state index in [1.807, 2.05) is 0 Å². The first kappa shape index (κ1) is 25.0. The Hall–Kier alpha value is -4.07. The number of aliphatic hydroxyl groups is 3. The second-order valence-corrected chi connectivity index (χ2v) is 7.63. The van der Waals surface area contributed by atoms with Gasteiger partial charge in [-0.2, -0.15) is 18.2 Å². The number of carbonyl (C=O) groups excluding carboxylic acids is 1. The molecule has 0 fully saturated rings. The number of alkyl halides is 3. The van der Waals surface area contributed by atoms with Crippen LogP contribution >= 0.6 is 0 Å². The molecule has 0 spiro atoms. The maximum Gasteiger partial charge on any atom is 0.422 e. The summed E-state index contributed by atoms with van der Waals surface area (Å²) >= 11 is 0. The van der Waals surface area contributed by atoms with Gasteiger partial charge in [-0.15, -0.1) is 0 Å². The van der Waals surface area contributed by atoms with Gasteiger partial charge in [0.1, 0.15) is 11.3 Å². The van der Waals surface area contributed by atoms with Gasteiger partial charge in [0.2, 0.25) is 11.6 Å². The first-order valence-corrected chi connectivity index (χ1v) is 10.5. The highest BCUT2D eigenvalue weighted by molar-refractivity contribution is 5.82. The molecule has 10 nitrogen and oxygen atoms in total. The number of hydrogen-bond acceptors (Lipinski definition) is 9. The van der Waals surface area contributed by atoms with Crippen LogP contribution in [0.2, 0.25) is 0 Å². The maximum atomic E-state index is 13.9. The Kier molecular flexibility index (Phi) is 7.15. The second-order valence-electron chi connectivity index (χ2n) is 7.63. The summed E-state index contributed by atoms with van der Waals surface area (Å²) in [6.07, 6.45) is -7.55. The van der Waals surface area contributed by atoms with Crippen LogP contribution in [0, 0.1) is 0 Å². The first-order chi connectivity index (χ1) is 17.2. The Balaban J connectivity index is 1.57. The zero-order valence-corrected chi connectivity index (χ0v) is 18.3. The van der Waals surface area contributed by atoms with Crippen molar-refractivity contribution in [2.45, 2.75) is 18.4 Å². The summed E-state index contributed by atoms with van der Waals surface area (Å²) in [6.45, 7) is -0.798. The molecule has 2 aromatic heterocycles. The molecule has 4 aromatic rings. The molecule has 0 unspecified atom stereocenters. The second kappa shape index (κ2) is 10.3. The van der Waals surface area contributed by atoms with Crippen molar-refractivity contribution in [3.63, 3.8) is 0 Å². The lowest BCUT2D eigenvalue weighted by Gasteiger charge is -2.13. The number of benzene rings is 2. The van der Waals surface area contributed by atoms with Crippen LogP contribution < -0.4 is 5.32 Å². The van der Waals surface area contributed by atoms with E-state index in [4.69, 9.17) is 14.2 Å². The molecule has 4 rings (SSSR count). The lowest BCUT2D eigenvalue weighted by atomic mass is 10.1. The number of carbonyl (C=O) groups is 1. The maximum absolute atomic E-state index is 13.9. The van der Waals surface area contributed by atoms with Gasteiger partial charge in [0.05, 0.1) is 12.7 Å². The standard InChI is InChI=1S/C23H19F3N4O6/c24-23(25,26)16-17(12-4-2-1-3-5-12)29-35-19(16)22-28-20(30-36-22)14-8-6-13(7-9-14)18(33)21(34)27-10-15(32)11-31/h1-9,15,18,31-33H,10-11H2,(H,27,34)/t15-,18-/m0/s1. The number of nitrogens with one attached hydrogen (secondary N) is 1. The predicted molar refractivity (Wildman–Crippen MR) is 117 cm³/mol. The third-order valence-electron chi connectivity index (χ3n) is 5.10. The third kappa shape index (κ3) is 5.27. The van der Waals surface area contributed by atoms with Gasteiger partial charge in [0, 0.05) is 17.7 Å². The summed E-state index contributed by atoms with van der Waals surface area (Å²) in [7, 11) is 0. The molecule has 0 saturated carbocycles. The van der Waals surface area contributed by atoms with Crippen molar-refractivity contribution in [2.75, 3.05) is 13.2 Å². The van der Waals surface area contributed by atoms with Crippen LogP contribution in [0.3, 0.4) is 0 Å². The zero-order chi connectivity index (χ0) is 25.9. The Morgan fingerprint density at radius 3 is 2.31 bits per heavy atom. The Labute approximate surface area is 201 Å². The molecule has 2 atom stereocenters. The Morgan fingerprint density at radius 2 is 1.67 bits per heavy atom. The fourth-order valence-electron chi connectivity index (χ4n) is 3.27. The fraction of sp³-hybridized carbons (Fsp3) is 0.217. The van der Waals surface area contributed by atoms with Gasteiger partial charge in [0.25, 0.3) is 11.8 Å². The molecule has 0 aliphatic heterocycles. The van der Waals surface area contributed by atoms with Crippen molar-refractivity contribution < 1.29 is 42.3 Å². The summed E-state index contributed by atoms with van der Waals surface area (Å²) in [5.74, 6) is -2.12. The van der Waals surface area contributed by atoms with Crippen LogP contribution in [0.4, 0.5) is 13.2 Å². The van der Waals surface area contributed by atoms with Crippen LogP contribution in [0.15, 0.2) is 63.6 Å². The van der Waals surface area contributed by atoms with Crippen molar-refractivity contribution in [2.24, 2.45) is 0 Å². The molecule has 4 N–H and O–H groups in total. The van der Waals surface area contributed by atoms with Gasteiger partial charge >= 0.3 is 6.18 Å². The Bertz CT molecular complexity index is 1320. The van der Waals surface area contributed by atoms with Gasteiger partial charge in [-0.1, -0.05) is 64.9 Å². The number of aliphatic hydroxyl groups excluding tert-OH is 3. The fourth-order valence-corrected chi connectivity index (χ4v) is 3.27. The number of amides is 1.